The van der Waals surface area contributed by atoms with Gasteiger partial charge in [-0.05, 0) is 37.7 Å². The third-order valence-corrected chi connectivity index (χ3v) is 4.39. The lowest BCUT2D eigenvalue weighted by atomic mass is 9.68. The van der Waals surface area contributed by atoms with E-state index >= 15 is 0 Å². The molecule has 0 heterocycles. The number of carbonyl (C=O) groups is 1. The van der Waals surface area contributed by atoms with Gasteiger partial charge in [0.1, 0.15) is 0 Å². The molecule has 2 aliphatic rings. The SMILES string of the molecule is CCC1=C2CC[C@H](O)[C@@]2(CC)CCC1=O. The maximum absolute atomic E-state index is 11.8. The summed E-state index contributed by atoms with van der Waals surface area (Å²) in [6.07, 6.45) is 4.87. The maximum atomic E-state index is 11.8. The summed E-state index contributed by atoms with van der Waals surface area (Å²) in [6.45, 7) is 4.19. The molecule has 2 rings (SSSR count). The van der Waals surface area contributed by atoms with Crippen molar-refractivity contribution in [3.63, 3.8) is 0 Å². The van der Waals surface area contributed by atoms with Crippen LogP contribution in [0.4, 0.5) is 0 Å². The van der Waals surface area contributed by atoms with Crippen molar-refractivity contribution in [2.45, 2.75) is 58.5 Å². The van der Waals surface area contributed by atoms with E-state index in [1.807, 2.05) is 0 Å². The van der Waals surface area contributed by atoms with Crippen molar-refractivity contribution < 1.29 is 9.90 Å². The standard InChI is InChI=1S/C13H20O2/c1-3-9-10-5-6-12(15)13(10,4-2)8-7-11(9)14/h12,15H,3-8H2,1-2H3/t12-,13-/m0/s1. The summed E-state index contributed by atoms with van der Waals surface area (Å²) in [4.78, 5) is 11.8. The van der Waals surface area contributed by atoms with Gasteiger partial charge in [-0.3, -0.25) is 4.79 Å². The quantitative estimate of drug-likeness (QED) is 0.757. The molecular formula is C13H20O2. The van der Waals surface area contributed by atoms with Crippen molar-refractivity contribution in [3.05, 3.63) is 11.1 Å². The van der Waals surface area contributed by atoms with E-state index in [1.54, 1.807) is 0 Å². The Morgan fingerprint density at radius 1 is 1.40 bits per heavy atom. The lowest BCUT2D eigenvalue weighted by Crippen LogP contribution is -2.35. The Balaban J connectivity index is 2.49. The molecule has 84 valence electrons. The van der Waals surface area contributed by atoms with Crippen molar-refractivity contribution in [1.82, 2.24) is 0 Å². The van der Waals surface area contributed by atoms with Crippen LogP contribution in [0.15, 0.2) is 11.1 Å². The highest BCUT2D eigenvalue weighted by molar-refractivity contribution is 5.97. The van der Waals surface area contributed by atoms with E-state index in [1.165, 1.54) is 5.57 Å². The first-order valence-electron chi connectivity index (χ1n) is 6.09. The van der Waals surface area contributed by atoms with Gasteiger partial charge >= 0.3 is 0 Å². The van der Waals surface area contributed by atoms with E-state index in [0.717, 1.165) is 37.7 Å². The van der Waals surface area contributed by atoms with Crippen molar-refractivity contribution in [2.24, 2.45) is 5.41 Å². The van der Waals surface area contributed by atoms with Gasteiger partial charge in [0.25, 0.3) is 0 Å². The number of hydrogen-bond donors (Lipinski definition) is 1. The molecule has 1 N–H and O–H groups in total. The first-order valence-corrected chi connectivity index (χ1v) is 6.09. The van der Waals surface area contributed by atoms with Gasteiger partial charge < -0.3 is 5.11 Å². The summed E-state index contributed by atoms with van der Waals surface area (Å²) in [5.74, 6) is 0.325. The number of aliphatic hydroxyl groups excluding tert-OH is 1. The lowest BCUT2D eigenvalue weighted by Gasteiger charge is -2.37. The summed E-state index contributed by atoms with van der Waals surface area (Å²) in [5.41, 5.74) is 2.27. The minimum absolute atomic E-state index is 0.0424. The number of fused-ring (bicyclic) bond motifs is 1. The van der Waals surface area contributed by atoms with Crippen molar-refractivity contribution in [3.8, 4) is 0 Å². The van der Waals surface area contributed by atoms with Crippen LogP contribution in [0.25, 0.3) is 0 Å². The molecule has 2 atom stereocenters. The number of carbonyl (C=O) groups excluding carboxylic acids is 1. The second kappa shape index (κ2) is 3.75. The molecular weight excluding hydrogens is 188 g/mol. The Hall–Kier alpha value is -0.630. The molecule has 2 nitrogen and oxygen atoms in total. The van der Waals surface area contributed by atoms with Gasteiger partial charge in [-0.1, -0.05) is 19.4 Å². The second-order valence-corrected chi connectivity index (χ2v) is 4.80. The third kappa shape index (κ3) is 1.38. The van der Waals surface area contributed by atoms with Gasteiger partial charge in [0.15, 0.2) is 5.78 Å². The normalized spacial score (nSPS) is 35.9. The number of hydrogen-bond acceptors (Lipinski definition) is 2. The molecule has 2 heteroatoms. The average molecular weight is 208 g/mol. The van der Waals surface area contributed by atoms with Crippen LogP contribution in [0.5, 0.6) is 0 Å². The van der Waals surface area contributed by atoms with Crippen molar-refractivity contribution in [1.29, 1.82) is 0 Å². The Morgan fingerprint density at radius 2 is 2.13 bits per heavy atom. The van der Waals surface area contributed by atoms with E-state index in [0.29, 0.717) is 12.2 Å². The van der Waals surface area contributed by atoms with Gasteiger partial charge in [-0.15, -0.1) is 0 Å². The average Bonchev–Trinajstić information content (AvgIpc) is 2.57. The van der Waals surface area contributed by atoms with Gasteiger partial charge in [-0.2, -0.15) is 0 Å². The van der Waals surface area contributed by atoms with Gasteiger partial charge in [0.2, 0.25) is 0 Å². The van der Waals surface area contributed by atoms with Crippen LogP contribution in [-0.2, 0) is 4.79 Å². The zero-order valence-corrected chi connectivity index (χ0v) is 9.68. The molecule has 0 aromatic heterocycles. The minimum Gasteiger partial charge on any atom is -0.392 e. The van der Waals surface area contributed by atoms with E-state index in [9.17, 15) is 9.90 Å². The summed E-state index contributed by atoms with van der Waals surface area (Å²) >= 11 is 0. The Bertz CT molecular complexity index is 316. The zero-order valence-electron chi connectivity index (χ0n) is 9.68. The van der Waals surface area contributed by atoms with Crippen LogP contribution in [0.2, 0.25) is 0 Å². The van der Waals surface area contributed by atoms with Crippen LogP contribution >= 0.6 is 0 Å². The maximum Gasteiger partial charge on any atom is 0.158 e. The number of aliphatic hydroxyl groups is 1. The van der Waals surface area contributed by atoms with Crippen molar-refractivity contribution >= 4 is 5.78 Å². The highest BCUT2D eigenvalue weighted by atomic mass is 16.3. The molecule has 0 amide bonds. The molecule has 0 unspecified atom stereocenters. The van der Waals surface area contributed by atoms with E-state index < -0.39 is 0 Å². The van der Waals surface area contributed by atoms with Gasteiger partial charge in [-0.25, -0.2) is 0 Å². The first kappa shape index (κ1) is 10.9. The summed E-state index contributed by atoms with van der Waals surface area (Å²) in [7, 11) is 0. The first-order chi connectivity index (χ1) is 7.15. The highest BCUT2D eigenvalue weighted by Gasteiger charge is 2.48. The number of allylic oxidation sites excluding steroid dienone is 1. The molecule has 0 bridgehead atoms. The Kier molecular flexibility index (Phi) is 2.72. The van der Waals surface area contributed by atoms with Crippen molar-refractivity contribution in [2.75, 3.05) is 0 Å². The second-order valence-electron chi connectivity index (χ2n) is 4.80. The molecule has 1 saturated carbocycles. The Morgan fingerprint density at radius 3 is 2.73 bits per heavy atom. The van der Waals surface area contributed by atoms with E-state index in [2.05, 4.69) is 13.8 Å². The third-order valence-electron chi connectivity index (χ3n) is 4.39. The fourth-order valence-corrected chi connectivity index (χ4v) is 3.47. The molecule has 2 aliphatic carbocycles. The van der Waals surface area contributed by atoms with Crippen LogP contribution in [-0.4, -0.2) is 17.0 Å². The topological polar surface area (TPSA) is 37.3 Å². The molecule has 0 saturated heterocycles. The van der Waals surface area contributed by atoms with E-state index in [4.69, 9.17) is 0 Å². The van der Waals surface area contributed by atoms with Crippen LogP contribution in [0, 0.1) is 5.41 Å². The fourth-order valence-electron chi connectivity index (χ4n) is 3.47. The van der Waals surface area contributed by atoms with Crippen LogP contribution in [0.1, 0.15) is 52.4 Å². The summed E-state index contributed by atoms with van der Waals surface area (Å²) in [6, 6.07) is 0. The monoisotopic (exact) mass is 208 g/mol. The van der Waals surface area contributed by atoms with Gasteiger partial charge in [0, 0.05) is 11.8 Å². The number of Topliss-reactive ketones (excluding diaryl/α,β-unsaturated/α-hetero) is 1. The molecule has 0 aromatic carbocycles. The Labute approximate surface area is 91.4 Å². The van der Waals surface area contributed by atoms with Gasteiger partial charge in [0.05, 0.1) is 6.10 Å². The molecule has 15 heavy (non-hydrogen) atoms. The smallest absolute Gasteiger partial charge is 0.158 e. The fraction of sp³-hybridized carbons (Fsp3) is 0.769. The number of ketones is 1. The molecule has 0 spiro atoms. The van der Waals surface area contributed by atoms with Crippen LogP contribution in [0.3, 0.4) is 0 Å². The largest absolute Gasteiger partial charge is 0.392 e. The minimum atomic E-state index is -0.216. The lowest BCUT2D eigenvalue weighted by molar-refractivity contribution is -0.117. The molecule has 0 aromatic rings. The van der Waals surface area contributed by atoms with E-state index in [-0.39, 0.29) is 11.5 Å². The predicted octanol–water partition coefficient (Wildman–Crippen LogP) is 2.61. The molecule has 0 radical (unpaired) electrons. The molecule has 1 fully saturated rings. The summed E-state index contributed by atoms with van der Waals surface area (Å²) < 4.78 is 0. The highest BCUT2D eigenvalue weighted by Crippen LogP contribution is 2.53. The predicted molar refractivity (Wildman–Crippen MR) is 59.5 cm³/mol. The van der Waals surface area contributed by atoms with Crippen LogP contribution < -0.4 is 0 Å². The summed E-state index contributed by atoms with van der Waals surface area (Å²) in [5, 5.41) is 10.1. The molecule has 0 aliphatic heterocycles. The number of rotatable bonds is 2. The zero-order chi connectivity index (χ0) is 11.1.